The summed E-state index contributed by atoms with van der Waals surface area (Å²) in [4.78, 5) is 14.5. The molecule has 0 radical (unpaired) electrons. The van der Waals surface area contributed by atoms with E-state index >= 15 is 0 Å². The van der Waals surface area contributed by atoms with Crippen molar-refractivity contribution in [3.8, 4) is 5.75 Å². The molecule has 0 bridgehead atoms. The minimum Gasteiger partial charge on any atom is -0.506 e. The monoisotopic (exact) mass is 567 g/mol. The zero-order chi connectivity index (χ0) is 24.2. The summed E-state index contributed by atoms with van der Waals surface area (Å²) in [5.41, 5.74) is 2.49. The van der Waals surface area contributed by atoms with E-state index in [1.807, 2.05) is 24.0 Å². The van der Waals surface area contributed by atoms with Crippen molar-refractivity contribution in [1.29, 1.82) is 0 Å². The van der Waals surface area contributed by atoms with Gasteiger partial charge >= 0.3 is 0 Å². The molecule has 2 heterocycles. The summed E-state index contributed by atoms with van der Waals surface area (Å²) in [6.07, 6.45) is 2.61. The first-order chi connectivity index (χ1) is 16.3. The van der Waals surface area contributed by atoms with Gasteiger partial charge in [0.2, 0.25) is 0 Å². The third-order valence-corrected chi connectivity index (χ3v) is 6.55. The molecule has 0 saturated carbocycles. The quantitative estimate of drug-likeness (QED) is 0.360. The molecule has 11 heteroatoms. The van der Waals surface area contributed by atoms with Crippen LogP contribution in [0.5, 0.6) is 5.75 Å². The van der Waals surface area contributed by atoms with Crippen molar-refractivity contribution < 1.29 is 14.2 Å². The van der Waals surface area contributed by atoms with Crippen molar-refractivity contribution in [2.75, 3.05) is 36.5 Å². The lowest BCUT2D eigenvalue weighted by Crippen LogP contribution is -2.37. The number of ether oxygens (including phenoxy) is 1. The molecule has 3 aromatic rings. The first-order valence-electron chi connectivity index (χ1n) is 10.4. The lowest BCUT2D eigenvalue weighted by atomic mass is 10.1. The lowest BCUT2D eigenvalue weighted by Gasteiger charge is -2.28. The number of hydrogen-bond donors (Lipinski definition) is 2. The second kappa shape index (κ2) is 10.9. The van der Waals surface area contributed by atoms with Crippen LogP contribution in [0.3, 0.4) is 0 Å². The summed E-state index contributed by atoms with van der Waals surface area (Å²) < 4.78 is 20.1. The van der Waals surface area contributed by atoms with Gasteiger partial charge in [0.1, 0.15) is 10.8 Å². The number of morpholine rings is 1. The van der Waals surface area contributed by atoms with E-state index < -0.39 is 5.82 Å². The smallest absolute Gasteiger partial charge is 0.183 e. The van der Waals surface area contributed by atoms with Crippen LogP contribution in [-0.4, -0.2) is 47.6 Å². The number of aromatic nitrogens is 2. The number of aryl methyl sites for hydroxylation is 1. The molecular weight excluding hydrogens is 548 g/mol. The van der Waals surface area contributed by atoms with E-state index in [9.17, 15) is 9.50 Å². The number of phenols is 1. The molecule has 34 heavy (non-hydrogen) atoms. The van der Waals surface area contributed by atoms with Crippen molar-refractivity contribution >= 4 is 62.5 Å². The maximum absolute atomic E-state index is 14.2. The summed E-state index contributed by atoms with van der Waals surface area (Å²) >= 11 is 16.2. The number of anilines is 3. The fourth-order valence-electron chi connectivity index (χ4n) is 3.45. The highest BCUT2D eigenvalue weighted by atomic mass is 79.9. The molecule has 7 nitrogen and oxygen atoms in total. The van der Waals surface area contributed by atoms with Gasteiger partial charge in [0.05, 0.1) is 42.4 Å². The van der Waals surface area contributed by atoms with Crippen LogP contribution in [0.4, 0.5) is 21.6 Å². The Labute approximate surface area is 214 Å². The molecule has 2 aromatic carbocycles. The fourth-order valence-corrected chi connectivity index (χ4v) is 4.63. The number of para-hydroxylation sites is 1. The van der Waals surface area contributed by atoms with Gasteiger partial charge in [-0.3, -0.25) is 4.99 Å². The predicted octanol–water partition coefficient (Wildman–Crippen LogP) is 5.90. The van der Waals surface area contributed by atoms with Crippen molar-refractivity contribution in [3.63, 3.8) is 0 Å². The number of halogens is 4. The van der Waals surface area contributed by atoms with Gasteiger partial charge in [0.15, 0.2) is 17.5 Å². The number of rotatable bonds is 6. The van der Waals surface area contributed by atoms with Gasteiger partial charge in [-0.05, 0) is 40.5 Å². The maximum Gasteiger partial charge on any atom is 0.183 e. The molecule has 0 amide bonds. The van der Waals surface area contributed by atoms with E-state index in [-0.39, 0.29) is 23.1 Å². The number of benzene rings is 2. The van der Waals surface area contributed by atoms with Crippen LogP contribution in [0.1, 0.15) is 17.0 Å². The molecule has 1 aliphatic heterocycles. The standard InChI is InChI=1S/C23H21BrCl2FN5O2/c1-13-3-2-4-16(25)20(13)31-21-15(24)9-14(22(33)19(21)26)10-28-12-18-29-11-17(27)23(30-18)32-5-7-34-8-6-32/h2-4,9-11,31,33H,5-8,12H2,1H3. The third kappa shape index (κ3) is 5.43. The minimum absolute atomic E-state index is 0.102. The van der Waals surface area contributed by atoms with Gasteiger partial charge in [-0.1, -0.05) is 35.3 Å². The average Bonchev–Trinajstić information content (AvgIpc) is 2.83. The Kier molecular flexibility index (Phi) is 7.88. The first kappa shape index (κ1) is 24.7. The number of phenolic OH excluding ortho intramolecular Hbond substituents is 1. The Bertz CT molecular complexity index is 1220. The lowest BCUT2D eigenvalue weighted by molar-refractivity contribution is 0.122. The molecule has 0 atom stereocenters. The van der Waals surface area contributed by atoms with Crippen LogP contribution in [0, 0.1) is 12.7 Å². The number of aromatic hydroxyl groups is 1. The number of aliphatic imine (C=N–C) groups is 1. The van der Waals surface area contributed by atoms with Gasteiger partial charge in [-0.2, -0.15) is 0 Å². The Balaban J connectivity index is 1.53. The SMILES string of the molecule is Cc1cccc(Cl)c1Nc1c(Br)cc(C=NCc2ncc(F)c(N3CCOCC3)n2)c(O)c1Cl. The van der Waals surface area contributed by atoms with Crippen LogP contribution in [0.25, 0.3) is 0 Å². The second-order valence-corrected chi connectivity index (χ2v) is 9.21. The molecule has 0 aliphatic carbocycles. The molecule has 1 saturated heterocycles. The zero-order valence-electron chi connectivity index (χ0n) is 18.2. The summed E-state index contributed by atoms with van der Waals surface area (Å²) in [7, 11) is 0. The average molecular weight is 569 g/mol. The predicted molar refractivity (Wildman–Crippen MR) is 137 cm³/mol. The number of nitrogens with zero attached hydrogens (tertiary/aromatic N) is 4. The minimum atomic E-state index is -0.486. The Morgan fingerprint density at radius 2 is 2.06 bits per heavy atom. The summed E-state index contributed by atoms with van der Waals surface area (Å²) in [6, 6.07) is 7.22. The molecule has 0 spiro atoms. The van der Waals surface area contributed by atoms with Crippen molar-refractivity contribution in [2.24, 2.45) is 4.99 Å². The topological polar surface area (TPSA) is 82.9 Å². The highest BCUT2D eigenvalue weighted by molar-refractivity contribution is 9.10. The molecule has 1 aromatic heterocycles. The maximum atomic E-state index is 14.2. The zero-order valence-corrected chi connectivity index (χ0v) is 21.3. The van der Waals surface area contributed by atoms with Gasteiger partial charge in [-0.15, -0.1) is 0 Å². The van der Waals surface area contributed by atoms with Gasteiger partial charge < -0.3 is 20.1 Å². The Morgan fingerprint density at radius 1 is 1.29 bits per heavy atom. The second-order valence-electron chi connectivity index (χ2n) is 7.57. The molecule has 1 fully saturated rings. The van der Waals surface area contributed by atoms with Crippen LogP contribution >= 0.6 is 39.1 Å². The molecular formula is C23H21BrCl2FN5O2. The van der Waals surface area contributed by atoms with Crippen LogP contribution < -0.4 is 10.2 Å². The Morgan fingerprint density at radius 3 is 2.79 bits per heavy atom. The number of nitrogens with one attached hydrogen (secondary N) is 1. The third-order valence-electron chi connectivity index (χ3n) is 5.24. The highest BCUT2D eigenvalue weighted by Crippen LogP contribution is 2.42. The van der Waals surface area contributed by atoms with E-state index in [1.54, 1.807) is 12.1 Å². The number of hydrogen-bond acceptors (Lipinski definition) is 7. The molecule has 0 unspecified atom stereocenters. The van der Waals surface area contributed by atoms with Crippen LogP contribution in [-0.2, 0) is 11.3 Å². The summed E-state index contributed by atoms with van der Waals surface area (Å²) in [5.74, 6) is -0.0339. The summed E-state index contributed by atoms with van der Waals surface area (Å²) in [5, 5.41) is 14.5. The fraction of sp³-hybridized carbons (Fsp3) is 0.261. The van der Waals surface area contributed by atoms with Crippen LogP contribution in [0.2, 0.25) is 10.0 Å². The van der Waals surface area contributed by atoms with E-state index in [4.69, 9.17) is 27.9 Å². The van der Waals surface area contributed by atoms with Gasteiger partial charge in [0.25, 0.3) is 0 Å². The van der Waals surface area contributed by atoms with Gasteiger partial charge in [0, 0.05) is 29.3 Å². The Hall–Kier alpha value is -2.46. The largest absolute Gasteiger partial charge is 0.506 e. The van der Waals surface area contributed by atoms with E-state index in [0.717, 1.165) is 11.8 Å². The van der Waals surface area contributed by atoms with Gasteiger partial charge in [-0.25, -0.2) is 14.4 Å². The summed E-state index contributed by atoms with van der Waals surface area (Å²) in [6.45, 7) is 4.18. The first-order valence-corrected chi connectivity index (χ1v) is 12.0. The molecule has 178 valence electrons. The van der Waals surface area contributed by atoms with E-state index in [2.05, 4.69) is 36.2 Å². The molecule has 4 rings (SSSR count). The highest BCUT2D eigenvalue weighted by Gasteiger charge is 2.18. The van der Waals surface area contributed by atoms with Crippen molar-refractivity contribution in [1.82, 2.24) is 9.97 Å². The molecule has 2 N–H and O–H groups in total. The van der Waals surface area contributed by atoms with Crippen molar-refractivity contribution in [3.05, 3.63) is 67.7 Å². The van der Waals surface area contributed by atoms with Crippen LogP contribution in [0.15, 0.2) is 39.9 Å². The molecule has 1 aliphatic rings. The van der Waals surface area contributed by atoms with E-state index in [1.165, 1.54) is 6.21 Å². The normalized spacial score (nSPS) is 14.1. The van der Waals surface area contributed by atoms with Crippen molar-refractivity contribution in [2.45, 2.75) is 13.5 Å². The van der Waals surface area contributed by atoms with E-state index in [0.29, 0.717) is 58.6 Å².